The summed E-state index contributed by atoms with van der Waals surface area (Å²) >= 11 is 4.88. The zero-order chi connectivity index (χ0) is 7.28. The highest BCUT2D eigenvalue weighted by Crippen LogP contribution is 2.01. The molecule has 0 saturated heterocycles. The lowest BCUT2D eigenvalue weighted by molar-refractivity contribution is -0.132. The second kappa shape index (κ2) is 4.90. The van der Waals surface area contributed by atoms with Crippen LogP contribution in [-0.4, -0.2) is 18.8 Å². The van der Waals surface area contributed by atoms with Crippen LogP contribution in [0.3, 0.4) is 0 Å². The van der Waals surface area contributed by atoms with Crippen molar-refractivity contribution in [3.8, 4) is 0 Å². The molecule has 0 aromatic carbocycles. The van der Waals surface area contributed by atoms with E-state index >= 15 is 0 Å². The Bertz CT molecular complexity index is 61.6. The topological polar surface area (TPSA) is 29.1 Å². The van der Waals surface area contributed by atoms with Crippen LogP contribution in [0.25, 0.3) is 0 Å². The van der Waals surface area contributed by atoms with Crippen LogP contribution in [0.2, 0.25) is 0 Å². The molecule has 0 rings (SSSR count). The Balaban J connectivity index is 2.91. The third-order valence-electron chi connectivity index (χ3n) is 0.589. The van der Waals surface area contributed by atoms with Gasteiger partial charge in [-0.2, -0.15) is 8.78 Å². The van der Waals surface area contributed by atoms with Crippen molar-refractivity contribution in [3.63, 3.8) is 0 Å². The molecular formula is C4H6ClF2O2. The molecule has 0 aliphatic heterocycles. The van der Waals surface area contributed by atoms with Crippen LogP contribution in [0.15, 0.2) is 0 Å². The lowest BCUT2D eigenvalue weighted by atomic mass is 10.5. The summed E-state index contributed by atoms with van der Waals surface area (Å²) in [6, 6.07) is 0. The lowest BCUT2D eigenvalue weighted by Gasteiger charge is -2.00. The summed E-state index contributed by atoms with van der Waals surface area (Å²) < 4.78 is 26.0. The van der Waals surface area contributed by atoms with Gasteiger partial charge < -0.3 is 4.74 Å². The van der Waals surface area contributed by atoms with Crippen molar-refractivity contribution in [2.45, 2.75) is 18.6 Å². The molecule has 1 unspecified atom stereocenters. The summed E-state index contributed by atoms with van der Waals surface area (Å²) in [7, 11) is 0. The third kappa shape index (κ3) is 8.07. The molecule has 0 spiro atoms. The van der Waals surface area contributed by atoms with Gasteiger partial charge in [-0.25, -0.2) is 5.11 Å². The SMILES string of the molecule is [O]C(Cl)CCOC(F)F. The molecule has 55 valence electrons. The van der Waals surface area contributed by atoms with Crippen molar-refractivity contribution < 1.29 is 18.6 Å². The van der Waals surface area contributed by atoms with Gasteiger partial charge in [0, 0.05) is 6.42 Å². The van der Waals surface area contributed by atoms with Crippen LogP contribution in [-0.2, 0) is 9.84 Å². The molecule has 0 aliphatic rings. The van der Waals surface area contributed by atoms with Crippen LogP contribution in [0.1, 0.15) is 6.42 Å². The van der Waals surface area contributed by atoms with E-state index in [1.54, 1.807) is 0 Å². The van der Waals surface area contributed by atoms with Crippen LogP contribution >= 0.6 is 11.6 Å². The second-order valence-electron chi connectivity index (χ2n) is 1.33. The van der Waals surface area contributed by atoms with Gasteiger partial charge in [0.15, 0.2) is 5.56 Å². The minimum atomic E-state index is -2.81. The molecule has 1 atom stereocenters. The Hall–Kier alpha value is 0.0700. The van der Waals surface area contributed by atoms with Crippen molar-refractivity contribution in [2.75, 3.05) is 6.61 Å². The summed E-state index contributed by atoms with van der Waals surface area (Å²) in [6.07, 6.45) is -0.0914. The molecule has 0 saturated carbocycles. The Kier molecular flexibility index (Phi) is 4.94. The first kappa shape index (κ1) is 9.07. The number of hydrogen-bond donors (Lipinski definition) is 0. The molecule has 0 aromatic heterocycles. The Morgan fingerprint density at radius 2 is 2.11 bits per heavy atom. The lowest BCUT2D eigenvalue weighted by Crippen LogP contribution is -2.05. The fourth-order valence-corrected chi connectivity index (χ4v) is 0.339. The summed E-state index contributed by atoms with van der Waals surface area (Å²) in [5.74, 6) is 0. The first-order valence-electron chi connectivity index (χ1n) is 2.32. The minimum absolute atomic E-state index is 0.0914. The maximum atomic E-state index is 11.1. The monoisotopic (exact) mass is 159 g/mol. The van der Waals surface area contributed by atoms with E-state index in [2.05, 4.69) is 4.74 Å². The largest absolute Gasteiger partial charge is 0.345 e. The molecule has 5 heteroatoms. The van der Waals surface area contributed by atoms with Crippen molar-refractivity contribution in [1.82, 2.24) is 0 Å². The quantitative estimate of drug-likeness (QED) is 0.573. The molecule has 0 aromatic rings. The fraction of sp³-hybridized carbons (Fsp3) is 1.00. The third-order valence-corrected chi connectivity index (χ3v) is 0.807. The first-order chi connectivity index (χ1) is 4.13. The molecule has 2 nitrogen and oxygen atoms in total. The molecule has 0 aliphatic carbocycles. The van der Waals surface area contributed by atoms with Crippen LogP contribution in [0.5, 0.6) is 0 Å². The average Bonchev–Trinajstić information content (AvgIpc) is 1.63. The van der Waals surface area contributed by atoms with Crippen LogP contribution < -0.4 is 0 Å². The van der Waals surface area contributed by atoms with E-state index in [0.717, 1.165) is 0 Å². The summed E-state index contributed by atoms with van der Waals surface area (Å²) in [5.41, 5.74) is -1.34. The molecule has 9 heavy (non-hydrogen) atoms. The van der Waals surface area contributed by atoms with E-state index in [1.807, 2.05) is 0 Å². The van der Waals surface area contributed by atoms with Gasteiger partial charge in [-0.15, -0.1) is 0 Å². The van der Waals surface area contributed by atoms with E-state index in [9.17, 15) is 13.9 Å². The molecule has 0 amide bonds. The van der Waals surface area contributed by atoms with Gasteiger partial charge in [-0.3, -0.25) is 0 Å². The Morgan fingerprint density at radius 3 is 2.44 bits per heavy atom. The predicted molar refractivity (Wildman–Crippen MR) is 26.9 cm³/mol. The van der Waals surface area contributed by atoms with Crippen LogP contribution in [0.4, 0.5) is 8.78 Å². The second-order valence-corrected chi connectivity index (χ2v) is 1.82. The minimum Gasteiger partial charge on any atom is -0.323 e. The normalized spacial score (nSPS) is 14.3. The molecular weight excluding hydrogens is 153 g/mol. The van der Waals surface area contributed by atoms with E-state index in [4.69, 9.17) is 11.6 Å². The van der Waals surface area contributed by atoms with Gasteiger partial charge >= 0.3 is 6.61 Å². The first-order valence-corrected chi connectivity index (χ1v) is 2.76. The zero-order valence-electron chi connectivity index (χ0n) is 4.52. The molecule has 0 heterocycles. The molecule has 1 radical (unpaired) electrons. The van der Waals surface area contributed by atoms with E-state index in [-0.39, 0.29) is 13.0 Å². The standard InChI is InChI=1S/C4H6ClF2O2/c5-3(8)1-2-9-4(6)7/h3-4H,1-2H2. The summed E-state index contributed by atoms with van der Waals surface area (Å²) in [6.45, 7) is -3.09. The van der Waals surface area contributed by atoms with E-state index < -0.39 is 12.2 Å². The number of ether oxygens (including phenoxy) is 1. The Labute approximate surface area is 56.4 Å². The Morgan fingerprint density at radius 1 is 1.56 bits per heavy atom. The number of rotatable bonds is 4. The van der Waals surface area contributed by atoms with Crippen molar-refractivity contribution >= 4 is 11.6 Å². The maximum absolute atomic E-state index is 11.1. The van der Waals surface area contributed by atoms with E-state index in [1.165, 1.54) is 0 Å². The van der Waals surface area contributed by atoms with Crippen LogP contribution in [0, 0.1) is 0 Å². The average molecular weight is 160 g/mol. The molecule has 0 bridgehead atoms. The predicted octanol–water partition coefficient (Wildman–Crippen LogP) is 1.61. The van der Waals surface area contributed by atoms with Crippen molar-refractivity contribution in [2.24, 2.45) is 0 Å². The summed E-state index contributed by atoms with van der Waals surface area (Å²) in [4.78, 5) is 0. The van der Waals surface area contributed by atoms with Gasteiger partial charge in [0.25, 0.3) is 0 Å². The highest BCUT2D eigenvalue weighted by atomic mass is 35.5. The van der Waals surface area contributed by atoms with Gasteiger partial charge in [0.1, 0.15) is 0 Å². The number of alkyl halides is 3. The number of halogens is 3. The maximum Gasteiger partial charge on any atom is 0.345 e. The summed E-state index contributed by atoms with van der Waals surface area (Å²) in [5, 5.41) is 9.95. The highest BCUT2D eigenvalue weighted by Gasteiger charge is 2.04. The van der Waals surface area contributed by atoms with Gasteiger partial charge in [0.2, 0.25) is 0 Å². The molecule has 0 N–H and O–H groups in total. The van der Waals surface area contributed by atoms with Gasteiger partial charge in [-0.1, -0.05) is 11.6 Å². The highest BCUT2D eigenvalue weighted by molar-refractivity contribution is 6.19. The smallest absolute Gasteiger partial charge is 0.323 e. The van der Waals surface area contributed by atoms with Crippen molar-refractivity contribution in [1.29, 1.82) is 0 Å². The zero-order valence-corrected chi connectivity index (χ0v) is 5.28. The van der Waals surface area contributed by atoms with Gasteiger partial charge in [0.05, 0.1) is 6.61 Å². The fourth-order valence-electron chi connectivity index (χ4n) is 0.250. The number of hydrogen-bond acceptors (Lipinski definition) is 1. The molecule has 0 fully saturated rings. The van der Waals surface area contributed by atoms with Crippen molar-refractivity contribution in [3.05, 3.63) is 0 Å². The van der Waals surface area contributed by atoms with E-state index in [0.29, 0.717) is 0 Å². The van der Waals surface area contributed by atoms with Gasteiger partial charge in [-0.05, 0) is 0 Å².